The molecule has 1 aliphatic rings. The maximum Gasteiger partial charge on any atom is 0.247 e. The minimum atomic E-state index is -0.767. The van der Waals surface area contributed by atoms with Crippen molar-refractivity contribution in [3.63, 3.8) is 0 Å². The molecule has 0 spiro atoms. The van der Waals surface area contributed by atoms with Crippen molar-refractivity contribution in [3.8, 4) is 5.75 Å². The van der Waals surface area contributed by atoms with E-state index in [1.54, 1.807) is 24.1 Å². The summed E-state index contributed by atoms with van der Waals surface area (Å²) < 4.78 is 5.38. The summed E-state index contributed by atoms with van der Waals surface area (Å²) in [4.78, 5) is 30.0. The number of halogens is 1. The molecule has 1 aromatic heterocycles. The molecule has 1 aliphatic carbocycles. The van der Waals surface area contributed by atoms with Gasteiger partial charge in [-0.05, 0) is 59.7 Å². The van der Waals surface area contributed by atoms with E-state index < -0.39 is 6.04 Å². The molecule has 1 heterocycles. The van der Waals surface area contributed by atoms with E-state index in [4.69, 9.17) is 16.3 Å². The maximum atomic E-state index is 13.7. The number of methoxy groups -OCH3 is 1. The van der Waals surface area contributed by atoms with Crippen LogP contribution in [0.15, 0.2) is 66.0 Å². The zero-order valence-electron chi connectivity index (χ0n) is 19.2. The highest BCUT2D eigenvalue weighted by atomic mass is 35.5. The summed E-state index contributed by atoms with van der Waals surface area (Å²) in [5, 5.41) is 5.75. The number of hydrogen-bond donors (Lipinski definition) is 1. The third-order valence-corrected chi connectivity index (χ3v) is 7.29. The van der Waals surface area contributed by atoms with Crippen molar-refractivity contribution < 1.29 is 14.3 Å². The van der Waals surface area contributed by atoms with Gasteiger partial charge >= 0.3 is 0 Å². The number of nitrogens with one attached hydrogen (secondary N) is 1. The first-order valence-electron chi connectivity index (χ1n) is 11.5. The summed E-state index contributed by atoms with van der Waals surface area (Å²) in [6, 6.07) is 18.1. The van der Waals surface area contributed by atoms with Gasteiger partial charge in [0.25, 0.3) is 0 Å². The first-order chi connectivity index (χ1) is 16.5. The van der Waals surface area contributed by atoms with E-state index in [-0.39, 0.29) is 30.8 Å². The molecule has 34 heavy (non-hydrogen) atoms. The predicted octanol–water partition coefficient (Wildman–Crippen LogP) is 5.78. The van der Waals surface area contributed by atoms with Crippen molar-refractivity contribution >= 4 is 34.8 Å². The smallest absolute Gasteiger partial charge is 0.247 e. The Morgan fingerprint density at radius 2 is 1.88 bits per heavy atom. The van der Waals surface area contributed by atoms with Crippen LogP contribution < -0.4 is 10.1 Å². The van der Waals surface area contributed by atoms with Crippen LogP contribution >= 0.6 is 22.9 Å². The molecule has 5 nitrogen and oxygen atoms in total. The SMILES string of the molecule is COc1cccc(CN(C(=O)Cc2cccs2)C(C(=O)NC2CCCC2)c2ccc(Cl)cc2)c1. The minimum Gasteiger partial charge on any atom is -0.497 e. The molecule has 178 valence electrons. The second-order valence-corrected chi connectivity index (χ2v) is 10.0. The second-order valence-electron chi connectivity index (χ2n) is 8.57. The molecule has 1 unspecified atom stereocenters. The normalized spacial score (nSPS) is 14.5. The molecule has 3 aromatic rings. The van der Waals surface area contributed by atoms with Crippen LogP contribution in [-0.4, -0.2) is 29.9 Å². The number of ether oxygens (including phenoxy) is 1. The molecule has 1 fully saturated rings. The fourth-order valence-electron chi connectivity index (χ4n) is 4.42. The van der Waals surface area contributed by atoms with Gasteiger partial charge in [0.05, 0.1) is 13.5 Å². The van der Waals surface area contributed by atoms with Crippen LogP contribution in [0.1, 0.15) is 47.7 Å². The van der Waals surface area contributed by atoms with Crippen molar-refractivity contribution in [3.05, 3.63) is 87.1 Å². The topological polar surface area (TPSA) is 58.6 Å². The summed E-state index contributed by atoms with van der Waals surface area (Å²) in [6.45, 7) is 0.285. The zero-order chi connectivity index (χ0) is 23.9. The van der Waals surface area contributed by atoms with Gasteiger partial charge in [-0.2, -0.15) is 0 Å². The lowest BCUT2D eigenvalue weighted by molar-refractivity contribution is -0.141. The highest BCUT2D eigenvalue weighted by molar-refractivity contribution is 7.10. The minimum absolute atomic E-state index is 0.105. The summed E-state index contributed by atoms with van der Waals surface area (Å²) in [5.41, 5.74) is 1.63. The second kappa shape index (κ2) is 11.5. The molecule has 7 heteroatoms. The largest absolute Gasteiger partial charge is 0.497 e. The van der Waals surface area contributed by atoms with Crippen molar-refractivity contribution in [1.82, 2.24) is 10.2 Å². The Morgan fingerprint density at radius 3 is 2.56 bits per heavy atom. The molecule has 4 rings (SSSR count). The molecule has 1 saturated carbocycles. The van der Waals surface area contributed by atoms with Gasteiger partial charge in [0.1, 0.15) is 11.8 Å². The van der Waals surface area contributed by atoms with Gasteiger partial charge in [0, 0.05) is 22.5 Å². The van der Waals surface area contributed by atoms with E-state index in [1.807, 2.05) is 53.9 Å². The van der Waals surface area contributed by atoms with Crippen LogP contribution in [0.2, 0.25) is 5.02 Å². The van der Waals surface area contributed by atoms with Gasteiger partial charge < -0.3 is 15.0 Å². The van der Waals surface area contributed by atoms with Crippen LogP contribution in [0.4, 0.5) is 0 Å². The number of carbonyl (C=O) groups is 2. The fourth-order valence-corrected chi connectivity index (χ4v) is 5.24. The first-order valence-corrected chi connectivity index (χ1v) is 12.8. The molecule has 0 saturated heterocycles. The zero-order valence-corrected chi connectivity index (χ0v) is 20.8. The quantitative estimate of drug-likeness (QED) is 0.408. The van der Waals surface area contributed by atoms with Crippen LogP contribution in [-0.2, 0) is 22.6 Å². The lowest BCUT2D eigenvalue weighted by Crippen LogP contribution is -2.46. The lowest BCUT2D eigenvalue weighted by atomic mass is 10.0. The average Bonchev–Trinajstić information content (AvgIpc) is 3.54. The van der Waals surface area contributed by atoms with E-state index in [0.717, 1.165) is 41.7 Å². The predicted molar refractivity (Wildman–Crippen MR) is 136 cm³/mol. The Kier molecular flexibility index (Phi) is 8.25. The molecule has 0 bridgehead atoms. The highest BCUT2D eigenvalue weighted by Gasteiger charge is 2.33. The molecular formula is C27H29ClN2O3S. The monoisotopic (exact) mass is 496 g/mol. The maximum absolute atomic E-state index is 13.7. The van der Waals surface area contributed by atoms with Gasteiger partial charge in [0.15, 0.2) is 0 Å². The highest BCUT2D eigenvalue weighted by Crippen LogP contribution is 2.29. The number of thiophene rings is 1. The van der Waals surface area contributed by atoms with Gasteiger partial charge in [-0.25, -0.2) is 0 Å². The lowest BCUT2D eigenvalue weighted by Gasteiger charge is -2.32. The molecule has 0 radical (unpaired) electrons. The Bertz CT molecular complexity index is 1100. The molecule has 2 aromatic carbocycles. The molecule has 1 N–H and O–H groups in total. The van der Waals surface area contributed by atoms with Crippen molar-refractivity contribution in [2.24, 2.45) is 0 Å². The Morgan fingerprint density at radius 1 is 1.12 bits per heavy atom. The number of nitrogens with zero attached hydrogens (tertiary/aromatic N) is 1. The number of amides is 2. The average molecular weight is 497 g/mol. The Hall–Kier alpha value is -2.83. The summed E-state index contributed by atoms with van der Waals surface area (Å²) in [7, 11) is 1.62. The van der Waals surface area contributed by atoms with Crippen LogP contribution in [0.25, 0.3) is 0 Å². The number of carbonyl (C=O) groups excluding carboxylic acids is 2. The van der Waals surface area contributed by atoms with Crippen LogP contribution in [0, 0.1) is 0 Å². The van der Waals surface area contributed by atoms with Gasteiger partial charge in [-0.1, -0.05) is 54.8 Å². The van der Waals surface area contributed by atoms with E-state index in [9.17, 15) is 9.59 Å². The summed E-state index contributed by atoms with van der Waals surface area (Å²) in [5.74, 6) is 0.449. The van der Waals surface area contributed by atoms with E-state index >= 15 is 0 Å². The summed E-state index contributed by atoms with van der Waals surface area (Å²) >= 11 is 7.68. The number of rotatable bonds is 9. The van der Waals surface area contributed by atoms with Crippen molar-refractivity contribution in [2.45, 2.75) is 50.7 Å². The summed E-state index contributed by atoms with van der Waals surface area (Å²) in [6.07, 6.45) is 4.40. The van der Waals surface area contributed by atoms with Crippen molar-refractivity contribution in [1.29, 1.82) is 0 Å². The first kappa shape index (κ1) is 24.3. The molecular weight excluding hydrogens is 468 g/mol. The fraction of sp³-hybridized carbons (Fsp3) is 0.333. The van der Waals surface area contributed by atoms with E-state index in [1.165, 1.54) is 11.3 Å². The number of hydrogen-bond acceptors (Lipinski definition) is 4. The molecule has 0 aliphatic heterocycles. The van der Waals surface area contributed by atoms with Gasteiger partial charge in [0.2, 0.25) is 11.8 Å². The Labute approximate surface area is 209 Å². The van der Waals surface area contributed by atoms with Gasteiger partial charge in [-0.3, -0.25) is 9.59 Å². The van der Waals surface area contributed by atoms with Crippen molar-refractivity contribution in [2.75, 3.05) is 7.11 Å². The number of benzene rings is 2. The molecule has 1 atom stereocenters. The van der Waals surface area contributed by atoms with E-state index in [2.05, 4.69) is 5.32 Å². The van der Waals surface area contributed by atoms with E-state index in [0.29, 0.717) is 10.8 Å². The van der Waals surface area contributed by atoms with Crippen LogP contribution in [0.3, 0.4) is 0 Å². The van der Waals surface area contributed by atoms with Crippen LogP contribution in [0.5, 0.6) is 5.75 Å². The Balaban J connectivity index is 1.70. The third kappa shape index (κ3) is 6.19. The molecule has 2 amide bonds. The standard InChI is InChI=1S/C27H29ClN2O3S/c1-33-23-9-4-6-19(16-23)18-30(25(31)17-24-10-5-15-34-24)26(20-11-13-21(28)14-12-20)27(32)29-22-7-2-3-8-22/h4-6,9-16,22,26H,2-3,7-8,17-18H2,1H3,(H,29,32). The third-order valence-electron chi connectivity index (χ3n) is 6.16. The van der Waals surface area contributed by atoms with Gasteiger partial charge in [-0.15, -0.1) is 11.3 Å².